The van der Waals surface area contributed by atoms with Gasteiger partial charge in [-0.15, -0.1) is 0 Å². The van der Waals surface area contributed by atoms with E-state index in [0.717, 1.165) is 0 Å². The minimum Gasteiger partial charge on any atom is -0.480 e. The Bertz CT molecular complexity index is 1510. The van der Waals surface area contributed by atoms with Crippen LogP contribution in [0.1, 0.15) is 73.6 Å². The van der Waals surface area contributed by atoms with Crippen LogP contribution in [0.5, 0.6) is 0 Å². The van der Waals surface area contributed by atoms with Gasteiger partial charge in [-0.1, -0.05) is 27.7 Å². The van der Waals surface area contributed by atoms with Crippen LogP contribution < -0.4 is 37.6 Å². The zero-order valence-corrected chi connectivity index (χ0v) is 33.9. The monoisotopic (exact) mass is 827 g/mol. The van der Waals surface area contributed by atoms with Gasteiger partial charge in [0.15, 0.2) is 0 Å². The molecule has 58 heavy (non-hydrogen) atoms. The molecule has 12 N–H and O–H groups in total. The summed E-state index contributed by atoms with van der Waals surface area (Å²) < 4.78 is 0. The molecule has 8 amide bonds. The third-order valence-electron chi connectivity index (χ3n) is 9.82. The number of carbonyl (C=O) groups is 9. The number of hydrogen-bond donors (Lipinski definition) is 11. The Hall–Kier alpha value is -4.93. The molecule has 0 aliphatic carbocycles. The molecular formula is C36H61N9O13. The topological polar surface area (TPSA) is 339 Å². The van der Waals surface area contributed by atoms with Crippen molar-refractivity contribution in [2.75, 3.05) is 32.9 Å². The lowest BCUT2D eigenvalue weighted by Crippen LogP contribution is -2.61. The number of carbonyl (C=O) groups excluding carboxylic acids is 8. The van der Waals surface area contributed by atoms with E-state index in [4.69, 9.17) is 5.73 Å². The summed E-state index contributed by atoms with van der Waals surface area (Å²) in [5, 5.41) is 53.6. The van der Waals surface area contributed by atoms with Crippen LogP contribution >= 0.6 is 0 Å². The molecule has 2 heterocycles. The number of rotatable bonds is 21. The van der Waals surface area contributed by atoms with Gasteiger partial charge in [0, 0.05) is 13.1 Å². The van der Waals surface area contributed by atoms with E-state index in [9.17, 15) is 63.6 Å². The Morgan fingerprint density at radius 3 is 1.47 bits per heavy atom. The van der Waals surface area contributed by atoms with Crippen molar-refractivity contribution in [3.63, 3.8) is 0 Å². The van der Waals surface area contributed by atoms with Crippen LogP contribution in [0, 0.1) is 11.8 Å². The lowest BCUT2D eigenvalue weighted by Gasteiger charge is -2.31. The number of nitrogens with two attached hydrogens (primary N) is 1. The van der Waals surface area contributed by atoms with Gasteiger partial charge in [0.05, 0.1) is 25.9 Å². The maximum atomic E-state index is 13.5. The van der Waals surface area contributed by atoms with E-state index in [2.05, 4.69) is 31.9 Å². The first kappa shape index (κ1) is 49.2. The largest absolute Gasteiger partial charge is 0.480 e. The number of likely N-dealkylation sites (tertiary alicyclic amines) is 2. The van der Waals surface area contributed by atoms with E-state index in [0.29, 0.717) is 12.8 Å². The summed E-state index contributed by atoms with van der Waals surface area (Å²) in [6.07, 6.45) is 1.38. The molecule has 9 atom stereocenters. The Morgan fingerprint density at radius 1 is 0.586 bits per heavy atom. The molecule has 0 unspecified atom stereocenters. The summed E-state index contributed by atoms with van der Waals surface area (Å²) in [6, 6.07) is -11.4. The molecule has 2 aliphatic heterocycles. The minimum atomic E-state index is -1.59. The quantitative estimate of drug-likeness (QED) is 0.0517. The predicted molar refractivity (Wildman–Crippen MR) is 204 cm³/mol. The highest BCUT2D eigenvalue weighted by Gasteiger charge is 2.42. The molecule has 0 saturated carbocycles. The summed E-state index contributed by atoms with van der Waals surface area (Å²) in [6.45, 7) is 7.10. The predicted octanol–water partition coefficient (Wildman–Crippen LogP) is -4.99. The summed E-state index contributed by atoms with van der Waals surface area (Å²) in [7, 11) is 0. The molecular weight excluding hydrogens is 766 g/mol. The number of carboxylic acids is 1. The van der Waals surface area contributed by atoms with E-state index in [1.54, 1.807) is 27.7 Å². The Balaban J connectivity index is 2.07. The molecule has 328 valence electrons. The van der Waals surface area contributed by atoms with E-state index in [1.807, 2.05) is 0 Å². The van der Waals surface area contributed by atoms with Crippen LogP contribution in [0.15, 0.2) is 0 Å². The molecule has 2 rings (SSSR count). The number of carboxylic acid groups (broad SMARTS) is 1. The number of amides is 8. The molecule has 0 aromatic heterocycles. The van der Waals surface area contributed by atoms with Gasteiger partial charge in [0.1, 0.15) is 48.3 Å². The number of aliphatic hydroxyl groups is 3. The summed E-state index contributed by atoms with van der Waals surface area (Å²) in [5.41, 5.74) is 5.50. The molecule has 2 fully saturated rings. The van der Waals surface area contributed by atoms with Crippen molar-refractivity contribution in [3.05, 3.63) is 0 Å². The van der Waals surface area contributed by atoms with Crippen LogP contribution in [0.25, 0.3) is 0 Å². The fourth-order valence-corrected chi connectivity index (χ4v) is 6.59. The maximum absolute atomic E-state index is 13.5. The Morgan fingerprint density at radius 2 is 1.03 bits per heavy atom. The van der Waals surface area contributed by atoms with Crippen molar-refractivity contribution in [2.24, 2.45) is 17.6 Å². The first-order valence-corrected chi connectivity index (χ1v) is 19.4. The van der Waals surface area contributed by atoms with E-state index in [1.165, 1.54) is 23.6 Å². The van der Waals surface area contributed by atoms with Crippen molar-refractivity contribution in [1.29, 1.82) is 0 Å². The number of nitrogens with zero attached hydrogens (tertiary/aromatic N) is 2. The van der Waals surface area contributed by atoms with Crippen molar-refractivity contribution in [1.82, 2.24) is 41.7 Å². The van der Waals surface area contributed by atoms with Gasteiger partial charge in [-0.25, -0.2) is 4.79 Å². The molecule has 22 nitrogen and oxygen atoms in total. The highest BCUT2D eigenvalue weighted by atomic mass is 16.4. The lowest BCUT2D eigenvalue weighted by molar-refractivity contribution is -0.146. The van der Waals surface area contributed by atoms with Crippen molar-refractivity contribution in [2.45, 2.75) is 128 Å². The highest BCUT2D eigenvalue weighted by molar-refractivity contribution is 5.98. The van der Waals surface area contributed by atoms with Crippen LogP contribution in [-0.2, 0) is 43.2 Å². The SMILES string of the molecule is CC(C)C[C@H](NC(=O)[C@@H]1CCCN1C(=O)[C@H](CO)NC(=O)[C@@H]1CCCN1C(=O)[C@H](C)NC(=O)[C@H](CO)NC(=O)[C@@H](NC(=O)[C@H](CO)NC(=O)[C@H](C)N)C(C)C)C(=O)O. The molecule has 2 saturated heterocycles. The first-order chi connectivity index (χ1) is 27.2. The lowest BCUT2D eigenvalue weighted by atomic mass is 10.0. The van der Waals surface area contributed by atoms with Gasteiger partial charge in [-0.05, 0) is 57.8 Å². The second-order valence-electron chi connectivity index (χ2n) is 15.4. The molecule has 0 aromatic rings. The van der Waals surface area contributed by atoms with Crippen LogP contribution in [0.3, 0.4) is 0 Å². The molecule has 22 heteroatoms. The maximum Gasteiger partial charge on any atom is 0.326 e. The third kappa shape index (κ3) is 13.6. The summed E-state index contributed by atoms with van der Waals surface area (Å²) >= 11 is 0. The molecule has 0 radical (unpaired) electrons. The molecule has 0 aromatic carbocycles. The summed E-state index contributed by atoms with van der Waals surface area (Å²) in [4.78, 5) is 119. The van der Waals surface area contributed by atoms with Gasteiger partial charge in [0.2, 0.25) is 47.3 Å². The van der Waals surface area contributed by atoms with E-state index >= 15 is 0 Å². The van der Waals surface area contributed by atoms with Crippen LogP contribution in [0.4, 0.5) is 0 Å². The fraction of sp³-hybridized carbons (Fsp3) is 0.750. The van der Waals surface area contributed by atoms with Gasteiger partial charge in [-0.3, -0.25) is 38.4 Å². The van der Waals surface area contributed by atoms with Gasteiger partial charge >= 0.3 is 5.97 Å². The second-order valence-corrected chi connectivity index (χ2v) is 15.4. The van der Waals surface area contributed by atoms with Gasteiger partial charge in [0.25, 0.3) is 0 Å². The van der Waals surface area contributed by atoms with Crippen molar-refractivity contribution in [3.8, 4) is 0 Å². The summed E-state index contributed by atoms with van der Waals surface area (Å²) in [5.74, 6) is -8.25. The normalized spacial score (nSPS) is 20.2. The second kappa shape index (κ2) is 22.9. The number of aliphatic carboxylic acids is 1. The van der Waals surface area contributed by atoms with Gasteiger partial charge < -0.3 is 67.9 Å². The third-order valence-corrected chi connectivity index (χ3v) is 9.82. The van der Waals surface area contributed by atoms with Gasteiger partial charge in [-0.2, -0.15) is 0 Å². The Labute approximate surface area is 336 Å². The standard InChI is InChI=1S/C36H61N9O13/c1-17(2)13-21(36(57)58)39-31(52)26-10-8-12-45(26)35(56)24(16-48)42-32(53)25-9-7-11-44(25)34(55)20(6)38-29(50)22(14-46)41-33(54)27(18(3)4)43-30(51)23(15-47)40-28(49)19(5)37/h17-27,46-48H,7-16,37H2,1-6H3,(H,38,50)(H,39,52)(H,40,49)(H,41,54)(H,42,53)(H,43,51)(H,57,58)/t19-,20-,21-,22-,23-,24-,25-,26-,27-/m0/s1. The minimum absolute atomic E-state index is 0.0362. The number of nitrogens with one attached hydrogen (secondary N) is 6. The fourth-order valence-electron chi connectivity index (χ4n) is 6.59. The number of hydrogen-bond acceptors (Lipinski definition) is 13. The van der Waals surface area contributed by atoms with E-state index < -0.39 is 133 Å². The van der Waals surface area contributed by atoms with E-state index in [-0.39, 0.29) is 38.3 Å². The van der Waals surface area contributed by atoms with Crippen LogP contribution in [0.2, 0.25) is 0 Å². The zero-order valence-electron chi connectivity index (χ0n) is 33.9. The smallest absolute Gasteiger partial charge is 0.326 e. The first-order valence-electron chi connectivity index (χ1n) is 19.4. The molecule has 0 spiro atoms. The highest BCUT2D eigenvalue weighted by Crippen LogP contribution is 2.22. The molecule has 0 bridgehead atoms. The Kier molecular flexibility index (Phi) is 19.4. The average Bonchev–Trinajstić information content (AvgIpc) is 3.86. The average molecular weight is 828 g/mol. The number of aliphatic hydroxyl groups excluding tert-OH is 3. The zero-order chi connectivity index (χ0) is 44.0. The molecule has 2 aliphatic rings. The van der Waals surface area contributed by atoms with Crippen LogP contribution in [-0.4, -0.2) is 171 Å². The van der Waals surface area contributed by atoms with Crippen molar-refractivity contribution < 1.29 is 63.6 Å². The van der Waals surface area contributed by atoms with Crippen molar-refractivity contribution >= 4 is 53.2 Å².